The van der Waals surface area contributed by atoms with Gasteiger partial charge in [-0.25, -0.2) is 0 Å². The molecule has 28 heavy (non-hydrogen) atoms. The molecule has 4 heteroatoms. The number of anilines is 1. The Bertz CT molecular complexity index is 683. The van der Waals surface area contributed by atoms with Crippen molar-refractivity contribution >= 4 is 5.69 Å². The highest BCUT2D eigenvalue weighted by Crippen LogP contribution is 2.20. The van der Waals surface area contributed by atoms with Crippen molar-refractivity contribution in [1.29, 1.82) is 0 Å². The highest BCUT2D eigenvalue weighted by Gasteiger charge is 2.13. The van der Waals surface area contributed by atoms with E-state index < -0.39 is 0 Å². The first-order valence-electron chi connectivity index (χ1n) is 10.5. The monoisotopic (exact) mass is 381 g/mol. The van der Waals surface area contributed by atoms with Crippen LogP contribution in [0.1, 0.15) is 30.4 Å². The molecule has 0 bridgehead atoms. The maximum Gasteiger partial charge on any atom is 0.0793 e. The topological polar surface area (TPSA) is 30.0 Å². The van der Waals surface area contributed by atoms with E-state index in [1.54, 1.807) is 0 Å². The predicted octanol–water partition coefficient (Wildman–Crippen LogP) is 3.60. The van der Waals surface area contributed by atoms with Gasteiger partial charge in [-0.15, -0.1) is 0 Å². The van der Waals surface area contributed by atoms with Crippen molar-refractivity contribution in [2.75, 3.05) is 45.2 Å². The fourth-order valence-corrected chi connectivity index (χ4v) is 4.08. The van der Waals surface area contributed by atoms with Crippen molar-refractivity contribution in [3.05, 3.63) is 65.7 Å². The lowest BCUT2D eigenvalue weighted by Crippen LogP contribution is -2.37. The van der Waals surface area contributed by atoms with Gasteiger partial charge in [0.25, 0.3) is 0 Å². The minimum Gasteiger partial charge on any atom is -0.390 e. The van der Waals surface area contributed by atoms with Crippen LogP contribution in [0.4, 0.5) is 5.69 Å². The van der Waals surface area contributed by atoms with Gasteiger partial charge in [-0.05, 0) is 56.6 Å². The van der Waals surface area contributed by atoms with Gasteiger partial charge in [-0.2, -0.15) is 0 Å². The molecule has 2 aromatic carbocycles. The highest BCUT2D eigenvalue weighted by atomic mass is 16.3. The Morgan fingerprint density at radius 1 is 0.786 bits per heavy atom. The van der Waals surface area contributed by atoms with E-state index in [0.29, 0.717) is 13.1 Å². The lowest BCUT2D eigenvalue weighted by molar-refractivity contribution is 0.0868. The molecule has 1 N–H and O–H groups in total. The summed E-state index contributed by atoms with van der Waals surface area (Å²) in [5.74, 6) is 0. The number of benzene rings is 2. The van der Waals surface area contributed by atoms with E-state index in [4.69, 9.17) is 0 Å². The molecule has 1 aliphatic heterocycles. The Morgan fingerprint density at radius 3 is 1.89 bits per heavy atom. The van der Waals surface area contributed by atoms with E-state index in [1.165, 1.54) is 49.2 Å². The maximum absolute atomic E-state index is 10.5. The molecular formula is C24H35N3O. The second kappa shape index (κ2) is 10.6. The summed E-state index contributed by atoms with van der Waals surface area (Å²) in [6.07, 6.45) is 3.62. The van der Waals surface area contributed by atoms with Crippen LogP contribution in [0.25, 0.3) is 0 Å². The zero-order valence-corrected chi connectivity index (χ0v) is 17.4. The van der Waals surface area contributed by atoms with E-state index >= 15 is 0 Å². The van der Waals surface area contributed by atoms with Crippen LogP contribution >= 0.6 is 0 Å². The van der Waals surface area contributed by atoms with Crippen LogP contribution in [0.2, 0.25) is 0 Å². The summed E-state index contributed by atoms with van der Waals surface area (Å²) in [4.78, 5) is 6.88. The molecule has 0 aromatic heterocycles. The van der Waals surface area contributed by atoms with Crippen molar-refractivity contribution in [2.45, 2.75) is 38.5 Å². The van der Waals surface area contributed by atoms with Gasteiger partial charge >= 0.3 is 0 Å². The molecule has 1 atom stereocenters. The Kier molecular flexibility index (Phi) is 7.90. The van der Waals surface area contributed by atoms with Gasteiger partial charge in [0.2, 0.25) is 0 Å². The normalized spacial score (nSPS) is 16.0. The highest BCUT2D eigenvalue weighted by molar-refractivity contribution is 5.47. The third kappa shape index (κ3) is 6.62. The fraction of sp³-hybridized carbons (Fsp3) is 0.500. The number of aliphatic hydroxyl groups is 1. The van der Waals surface area contributed by atoms with E-state index in [-0.39, 0.29) is 6.10 Å². The van der Waals surface area contributed by atoms with Crippen molar-refractivity contribution in [3.8, 4) is 0 Å². The largest absolute Gasteiger partial charge is 0.390 e. The smallest absolute Gasteiger partial charge is 0.0793 e. The molecule has 4 nitrogen and oxygen atoms in total. The second-order valence-electron chi connectivity index (χ2n) is 8.25. The van der Waals surface area contributed by atoms with Gasteiger partial charge in [0.1, 0.15) is 0 Å². The van der Waals surface area contributed by atoms with Gasteiger partial charge in [0.15, 0.2) is 0 Å². The summed E-state index contributed by atoms with van der Waals surface area (Å²) in [6.45, 7) is 5.43. The molecule has 2 aromatic rings. The summed E-state index contributed by atoms with van der Waals surface area (Å²) >= 11 is 0. The number of nitrogens with zero attached hydrogens (tertiary/aromatic N) is 3. The molecule has 3 rings (SSSR count). The maximum atomic E-state index is 10.5. The SMILES string of the molecule is CN(Cc1ccccc1)CC(O)CN(C)Cc1ccc(N2CCCCC2)cc1. The standard InChI is InChI=1S/C24H35N3O/c1-25(17-21-9-5-3-6-10-21)19-24(28)20-26(2)18-22-11-13-23(14-12-22)27-15-7-4-8-16-27/h3,5-6,9-14,24,28H,4,7-8,15-20H2,1-2H3. The van der Waals surface area contributed by atoms with Crippen molar-refractivity contribution in [2.24, 2.45) is 0 Å². The summed E-state index contributed by atoms with van der Waals surface area (Å²) in [6, 6.07) is 19.4. The van der Waals surface area contributed by atoms with Crippen LogP contribution in [0.3, 0.4) is 0 Å². The summed E-state index contributed by atoms with van der Waals surface area (Å²) in [5.41, 5.74) is 3.92. The molecule has 0 saturated carbocycles. The molecule has 1 unspecified atom stereocenters. The van der Waals surface area contributed by atoms with Gasteiger partial charge < -0.3 is 10.0 Å². The molecule has 1 heterocycles. The van der Waals surface area contributed by atoms with E-state index in [0.717, 1.165) is 13.1 Å². The van der Waals surface area contributed by atoms with E-state index in [1.807, 2.05) is 6.07 Å². The average Bonchev–Trinajstić information content (AvgIpc) is 2.69. The summed E-state index contributed by atoms with van der Waals surface area (Å²) < 4.78 is 0. The van der Waals surface area contributed by atoms with Crippen LogP contribution in [0.15, 0.2) is 54.6 Å². The van der Waals surface area contributed by atoms with E-state index in [9.17, 15) is 5.11 Å². The van der Waals surface area contributed by atoms with Gasteiger partial charge in [0, 0.05) is 45.0 Å². The Morgan fingerprint density at radius 2 is 1.32 bits per heavy atom. The number of hydrogen-bond acceptors (Lipinski definition) is 4. The minimum atomic E-state index is -0.355. The third-order valence-electron chi connectivity index (χ3n) is 5.45. The van der Waals surface area contributed by atoms with Crippen molar-refractivity contribution in [3.63, 3.8) is 0 Å². The summed E-state index contributed by atoms with van der Waals surface area (Å²) in [7, 11) is 4.15. The van der Waals surface area contributed by atoms with Crippen LogP contribution in [-0.4, -0.2) is 61.3 Å². The fourth-order valence-electron chi connectivity index (χ4n) is 4.08. The predicted molar refractivity (Wildman–Crippen MR) is 118 cm³/mol. The first-order chi connectivity index (χ1) is 13.6. The Hall–Kier alpha value is -1.88. The van der Waals surface area contributed by atoms with E-state index in [2.05, 4.69) is 77.3 Å². The number of piperidine rings is 1. The Labute approximate surface area is 170 Å². The summed E-state index contributed by atoms with van der Waals surface area (Å²) in [5, 5.41) is 10.5. The van der Waals surface area contributed by atoms with Crippen LogP contribution in [0.5, 0.6) is 0 Å². The third-order valence-corrected chi connectivity index (χ3v) is 5.45. The first kappa shape index (κ1) is 20.8. The van der Waals surface area contributed by atoms with Crippen LogP contribution in [-0.2, 0) is 13.1 Å². The molecule has 1 fully saturated rings. The quantitative estimate of drug-likeness (QED) is 0.719. The molecule has 0 spiro atoms. The van der Waals surface area contributed by atoms with Crippen LogP contribution < -0.4 is 4.90 Å². The average molecular weight is 382 g/mol. The molecule has 1 saturated heterocycles. The zero-order chi connectivity index (χ0) is 19.8. The van der Waals surface area contributed by atoms with Crippen molar-refractivity contribution < 1.29 is 5.11 Å². The minimum absolute atomic E-state index is 0.355. The molecular weight excluding hydrogens is 346 g/mol. The van der Waals surface area contributed by atoms with Crippen LogP contribution in [0, 0.1) is 0 Å². The number of rotatable bonds is 9. The van der Waals surface area contributed by atoms with Gasteiger partial charge in [0.05, 0.1) is 6.10 Å². The second-order valence-corrected chi connectivity index (χ2v) is 8.25. The van der Waals surface area contributed by atoms with Gasteiger partial charge in [-0.3, -0.25) is 9.80 Å². The lowest BCUT2D eigenvalue weighted by atomic mass is 10.1. The number of likely N-dealkylation sites (N-methyl/N-ethyl adjacent to an activating group) is 2. The zero-order valence-electron chi connectivity index (χ0n) is 17.4. The molecule has 1 aliphatic rings. The first-order valence-corrected chi connectivity index (χ1v) is 10.5. The molecule has 0 amide bonds. The molecule has 0 aliphatic carbocycles. The van der Waals surface area contributed by atoms with Gasteiger partial charge in [-0.1, -0.05) is 42.5 Å². The number of hydrogen-bond donors (Lipinski definition) is 1. The molecule has 152 valence electrons. The Balaban J connectivity index is 1.42. The molecule has 0 radical (unpaired) electrons. The van der Waals surface area contributed by atoms with Crippen molar-refractivity contribution in [1.82, 2.24) is 9.80 Å². The lowest BCUT2D eigenvalue weighted by Gasteiger charge is -2.29. The number of aliphatic hydroxyl groups excluding tert-OH is 1.